The van der Waals surface area contributed by atoms with E-state index in [4.69, 9.17) is 21.1 Å². The summed E-state index contributed by atoms with van der Waals surface area (Å²) in [5.41, 5.74) is 2.96. The van der Waals surface area contributed by atoms with Gasteiger partial charge in [-0.1, -0.05) is 36.4 Å². The number of carbonyl (C=O) groups excluding carboxylic acids is 1. The molecule has 37 heavy (non-hydrogen) atoms. The average molecular weight is 523 g/mol. The van der Waals surface area contributed by atoms with Crippen LogP contribution in [0.15, 0.2) is 55.3 Å². The molecule has 1 atom stereocenters. The van der Waals surface area contributed by atoms with Crippen molar-refractivity contribution >= 4 is 46.3 Å². The summed E-state index contributed by atoms with van der Waals surface area (Å²) in [5.74, 6) is 1.82. The van der Waals surface area contributed by atoms with Crippen LogP contribution in [0.3, 0.4) is 0 Å². The highest BCUT2D eigenvalue weighted by molar-refractivity contribution is 6.32. The van der Waals surface area contributed by atoms with E-state index in [1.807, 2.05) is 31.2 Å². The summed E-state index contributed by atoms with van der Waals surface area (Å²) >= 11 is 6.36. The Morgan fingerprint density at radius 2 is 2.03 bits per heavy atom. The van der Waals surface area contributed by atoms with Crippen molar-refractivity contribution in [3.8, 4) is 11.5 Å². The first-order valence-electron chi connectivity index (χ1n) is 11.9. The molecule has 2 heterocycles. The largest absolute Gasteiger partial charge is 0.494 e. The fourth-order valence-electron chi connectivity index (χ4n) is 4.07. The zero-order valence-corrected chi connectivity index (χ0v) is 21.9. The van der Waals surface area contributed by atoms with E-state index in [1.54, 1.807) is 19.2 Å². The summed E-state index contributed by atoms with van der Waals surface area (Å²) in [6.07, 6.45) is 3.79. The number of nitrogens with zero attached hydrogens (tertiary/aromatic N) is 3. The maximum absolute atomic E-state index is 12.2. The van der Waals surface area contributed by atoms with Crippen LogP contribution in [0.4, 0.5) is 28.8 Å². The first kappa shape index (κ1) is 26.2. The normalized spacial score (nSPS) is 15.2. The molecule has 1 aromatic heterocycles. The lowest BCUT2D eigenvalue weighted by Gasteiger charge is -2.19. The number of methoxy groups -OCH3 is 1. The average Bonchev–Trinajstić information content (AvgIpc) is 3.31. The zero-order valence-electron chi connectivity index (χ0n) is 21.2. The van der Waals surface area contributed by atoms with E-state index < -0.39 is 0 Å². The SMILES string of the molecule is C=CC(=O)Nc1cc(Nc2ncc(Cl)c(Nc3ccccc3C)n2)c(OC)cc1OCC1CCN(C)C1. The van der Waals surface area contributed by atoms with Crippen molar-refractivity contribution in [2.45, 2.75) is 13.3 Å². The number of rotatable bonds is 10. The standard InChI is InChI=1S/C27H31ClN6O3/c1-5-25(35)30-22-12-21(23(36-4)13-24(22)37-16-18-10-11-34(3)15-18)32-27-29-14-19(28)26(33-27)31-20-9-7-6-8-17(20)2/h5-9,12-14,18H,1,10-11,15-16H2,2-4H3,(H,30,35)(H2,29,31,32,33). The number of aryl methyl sites for hydroxylation is 1. The number of hydrogen-bond donors (Lipinski definition) is 3. The van der Waals surface area contributed by atoms with Crippen LogP contribution in [0.5, 0.6) is 11.5 Å². The Morgan fingerprint density at radius 3 is 2.73 bits per heavy atom. The Labute approximate surface area is 221 Å². The van der Waals surface area contributed by atoms with Gasteiger partial charge in [0.05, 0.1) is 31.3 Å². The van der Waals surface area contributed by atoms with Crippen LogP contribution >= 0.6 is 11.6 Å². The Balaban J connectivity index is 1.60. The molecule has 9 nitrogen and oxygen atoms in total. The minimum atomic E-state index is -0.353. The van der Waals surface area contributed by atoms with Crippen molar-refractivity contribution < 1.29 is 14.3 Å². The molecule has 10 heteroatoms. The van der Waals surface area contributed by atoms with Gasteiger partial charge in [0.25, 0.3) is 0 Å². The topological polar surface area (TPSA) is 101 Å². The van der Waals surface area contributed by atoms with Crippen LogP contribution in [0.2, 0.25) is 5.02 Å². The van der Waals surface area contributed by atoms with Gasteiger partial charge in [0.2, 0.25) is 11.9 Å². The quantitative estimate of drug-likeness (QED) is 0.305. The minimum absolute atomic E-state index is 0.294. The monoisotopic (exact) mass is 522 g/mol. The van der Waals surface area contributed by atoms with Crippen LogP contribution in [0.25, 0.3) is 0 Å². The van der Waals surface area contributed by atoms with E-state index in [0.717, 1.165) is 30.8 Å². The van der Waals surface area contributed by atoms with Crippen LogP contribution in [-0.2, 0) is 4.79 Å². The third-order valence-corrected chi connectivity index (χ3v) is 6.37. The van der Waals surface area contributed by atoms with Gasteiger partial charge < -0.3 is 30.3 Å². The molecule has 2 aromatic carbocycles. The van der Waals surface area contributed by atoms with E-state index >= 15 is 0 Å². The number of para-hydroxylation sites is 1. The molecule has 4 rings (SSSR count). The number of halogens is 1. The van der Waals surface area contributed by atoms with Crippen LogP contribution in [-0.4, -0.2) is 54.6 Å². The van der Waals surface area contributed by atoms with Gasteiger partial charge >= 0.3 is 0 Å². The maximum Gasteiger partial charge on any atom is 0.247 e. The lowest BCUT2D eigenvalue weighted by molar-refractivity contribution is -0.111. The van der Waals surface area contributed by atoms with E-state index in [2.05, 4.69) is 44.4 Å². The molecule has 1 saturated heterocycles. The van der Waals surface area contributed by atoms with Gasteiger partial charge in [-0.3, -0.25) is 4.79 Å². The van der Waals surface area contributed by atoms with Crippen LogP contribution in [0.1, 0.15) is 12.0 Å². The predicted octanol–water partition coefficient (Wildman–Crippen LogP) is 5.39. The molecule has 1 unspecified atom stereocenters. The Morgan fingerprint density at radius 1 is 1.22 bits per heavy atom. The number of likely N-dealkylation sites (tertiary alicyclic amines) is 1. The van der Waals surface area contributed by atoms with Gasteiger partial charge in [-0.2, -0.15) is 4.98 Å². The summed E-state index contributed by atoms with van der Waals surface area (Å²) in [4.78, 5) is 23.3. The molecule has 0 bridgehead atoms. The van der Waals surface area contributed by atoms with Gasteiger partial charge in [0.1, 0.15) is 16.5 Å². The highest BCUT2D eigenvalue weighted by atomic mass is 35.5. The summed E-state index contributed by atoms with van der Waals surface area (Å²) in [7, 11) is 3.66. The number of hydrogen-bond acceptors (Lipinski definition) is 8. The second-order valence-corrected chi connectivity index (χ2v) is 9.33. The Kier molecular flexibility index (Phi) is 8.47. The smallest absolute Gasteiger partial charge is 0.247 e. The lowest BCUT2D eigenvalue weighted by Crippen LogP contribution is -2.18. The highest BCUT2D eigenvalue weighted by Gasteiger charge is 2.22. The second-order valence-electron chi connectivity index (χ2n) is 8.93. The molecule has 194 valence electrons. The van der Waals surface area contributed by atoms with E-state index in [-0.39, 0.29) is 5.91 Å². The number of nitrogens with one attached hydrogen (secondary N) is 3. The molecule has 1 aliphatic rings. The van der Waals surface area contributed by atoms with Gasteiger partial charge in [0, 0.05) is 24.2 Å². The van der Waals surface area contributed by atoms with Gasteiger partial charge in [-0.25, -0.2) is 4.98 Å². The molecule has 1 fully saturated rings. The number of aromatic nitrogens is 2. The third kappa shape index (κ3) is 6.69. The third-order valence-electron chi connectivity index (χ3n) is 6.10. The molecule has 0 aliphatic carbocycles. The number of carbonyl (C=O) groups is 1. The molecule has 0 radical (unpaired) electrons. The van der Waals surface area contributed by atoms with E-state index in [0.29, 0.717) is 52.2 Å². The van der Waals surface area contributed by atoms with Gasteiger partial charge in [-0.15, -0.1) is 0 Å². The van der Waals surface area contributed by atoms with Crippen molar-refractivity contribution in [3.05, 3.63) is 65.8 Å². The Hall–Kier alpha value is -3.82. The first-order valence-corrected chi connectivity index (χ1v) is 12.3. The number of anilines is 5. The maximum atomic E-state index is 12.2. The van der Waals surface area contributed by atoms with Crippen molar-refractivity contribution in [1.29, 1.82) is 0 Å². The van der Waals surface area contributed by atoms with Crippen molar-refractivity contribution in [3.63, 3.8) is 0 Å². The molecular weight excluding hydrogens is 492 g/mol. The van der Waals surface area contributed by atoms with Crippen LogP contribution in [0, 0.1) is 12.8 Å². The number of amides is 1. The number of benzene rings is 2. The number of ether oxygens (including phenoxy) is 2. The lowest BCUT2D eigenvalue weighted by atomic mass is 10.1. The van der Waals surface area contributed by atoms with Gasteiger partial charge in [0.15, 0.2) is 5.82 Å². The van der Waals surface area contributed by atoms with Crippen molar-refractivity contribution in [2.24, 2.45) is 5.92 Å². The first-order chi connectivity index (χ1) is 17.9. The molecule has 1 amide bonds. The zero-order chi connectivity index (χ0) is 26.4. The molecule has 3 aromatic rings. The van der Waals surface area contributed by atoms with Crippen molar-refractivity contribution in [2.75, 3.05) is 49.8 Å². The summed E-state index contributed by atoms with van der Waals surface area (Å²) in [5, 5.41) is 9.61. The highest BCUT2D eigenvalue weighted by Crippen LogP contribution is 2.38. The molecular formula is C27H31ClN6O3. The second kappa shape index (κ2) is 11.9. The predicted molar refractivity (Wildman–Crippen MR) is 148 cm³/mol. The van der Waals surface area contributed by atoms with E-state index in [1.165, 1.54) is 12.3 Å². The molecule has 0 saturated carbocycles. The fourth-order valence-corrected chi connectivity index (χ4v) is 4.21. The minimum Gasteiger partial charge on any atom is -0.494 e. The molecule has 1 aliphatic heterocycles. The molecule has 3 N–H and O–H groups in total. The summed E-state index contributed by atoms with van der Waals surface area (Å²) < 4.78 is 11.8. The van der Waals surface area contributed by atoms with Crippen molar-refractivity contribution in [1.82, 2.24) is 14.9 Å². The van der Waals surface area contributed by atoms with Crippen LogP contribution < -0.4 is 25.4 Å². The Bertz CT molecular complexity index is 1280. The molecule has 0 spiro atoms. The van der Waals surface area contributed by atoms with E-state index in [9.17, 15) is 4.79 Å². The summed E-state index contributed by atoms with van der Waals surface area (Å²) in [6, 6.07) is 11.3. The summed E-state index contributed by atoms with van der Waals surface area (Å²) in [6.45, 7) is 8.09. The fraction of sp³-hybridized carbons (Fsp3) is 0.296. The van der Waals surface area contributed by atoms with Gasteiger partial charge in [-0.05, 0) is 50.7 Å².